The van der Waals surface area contributed by atoms with Crippen LogP contribution in [0.5, 0.6) is 0 Å². The smallest absolute Gasteiger partial charge is 0.271 e. The molecule has 5 nitrogen and oxygen atoms in total. The summed E-state index contributed by atoms with van der Waals surface area (Å²) in [5.41, 5.74) is -0.161. The lowest BCUT2D eigenvalue weighted by atomic mass is 9.96. The summed E-state index contributed by atoms with van der Waals surface area (Å²) >= 11 is 5.69. The Morgan fingerprint density at radius 1 is 1.59 bits per heavy atom. The van der Waals surface area contributed by atoms with Crippen LogP contribution in [0.2, 0.25) is 5.02 Å². The SMILES string of the molecule is CCC(C#N)C(=O)c1cc(Cl)cc([N+](=O)[O-])c1. The van der Waals surface area contributed by atoms with Crippen molar-refractivity contribution in [2.24, 2.45) is 5.92 Å². The first-order valence-electron chi connectivity index (χ1n) is 4.88. The molecule has 0 saturated carbocycles. The number of nitro groups is 1. The maximum Gasteiger partial charge on any atom is 0.271 e. The maximum atomic E-state index is 11.8. The lowest BCUT2D eigenvalue weighted by molar-refractivity contribution is -0.384. The average Bonchev–Trinajstić information content (AvgIpc) is 2.29. The van der Waals surface area contributed by atoms with Crippen LogP contribution in [-0.4, -0.2) is 10.7 Å². The number of carbonyl (C=O) groups excluding carboxylic acids is 1. The number of nitrogens with zero attached hydrogens (tertiary/aromatic N) is 2. The van der Waals surface area contributed by atoms with Gasteiger partial charge in [0.25, 0.3) is 5.69 Å². The second kappa shape index (κ2) is 5.41. The van der Waals surface area contributed by atoms with E-state index in [1.165, 1.54) is 6.07 Å². The highest BCUT2D eigenvalue weighted by Gasteiger charge is 2.20. The van der Waals surface area contributed by atoms with E-state index in [1.807, 2.05) is 6.07 Å². The summed E-state index contributed by atoms with van der Waals surface area (Å²) in [4.78, 5) is 21.8. The van der Waals surface area contributed by atoms with Crippen molar-refractivity contribution in [1.29, 1.82) is 5.26 Å². The summed E-state index contributed by atoms with van der Waals surface area (Å²) < 4.78 is 0. The van der Waals surface area contributed by atoms with Gasteiger partial charge in [0.1, 0.15) is 5.92 Å². The molecule has 6 heteroatoms. The minimum absolute atomic E-state index is 0.0950. The zero-order valence-electron chi connectivity index (χ0n) is 9.01. The fourth-order valence-corrected chi connectivity index (χ4v) is 1.59. The lowest BCUT2D eigenvalue weighted by Gasteiger charge is -2.05. The van der Waals surface area contributed by atoms with Gasteiger partial charge in [-0.3, -0.25) is 14.9 Å². The van der Waals surface area contributed by atoms with Gasteiger partial charge in [-0.15, -0.1) is 0 Å². The van der Waals surface area contributed by atoms with Crippen molar-refractivity contribution in [1.82, 2.24) is 0 Å². The second-order valence-corrected chi connectivity index (χ2v) is 3.85. The van der Waals surface area contributed by atoms with E-state index in [9.17, 15) is 14.9 Å². The molecule has 0 heterocycles. The molecule has 0 aliphatic carbocycles. The fourth-order valence-electron chi connectivity index (χ4n) is 1.36. The third-order valence-corrected chi connectivity index (χ3v) is 2.48. The summed E-state index contributed by atoms with van der Waals surface area (Å²) in [7, 11) is 0. The van der Waals surface area contributed by atoms with Gasteiger partial charge >= 0.3 is 0 Å². The molecule has 0 saturated heterocycles. The molecular formula is C11H9ClN2O3. The number of halogens is 1. The molecule has 0 N–H and O–H groups in total. The first-order valence-corrected chi connectivity index (χ1v) is 5.26. The molecule has 17 heavy (non-hydrogen) atoms. The molecule has 1 atom stereocenters. The molecule has 1 unspecified atom stereocenters. The van der Waals surface area contributed by atoms with Crippen molar-refractivity contribution in [3.63, 3.8) is 0 Å². The predicted octanol–water partition coefficient (Wildman–Crippen LogP) is 2.98. The molecule has 1 rings (SSSR count). The molecule has 0 spiro atoms. The number of nitriles is 1. The molecule has 0 fully saturated rings. The molecule has 0 radical (unpaired) electrons. The van der Waals surface area contributed by atoms with Crippen LogP contribution < -0.4 is 0 Å². The van der Waals surface area contributed by atoms with Crippen molar-refractivity contribution in [3.05, 3.63) is 38.9 Å². The van der Waals surface area contributed by atoms with Crippen LogP contribution >= 0.6 is 11.6 Å². The molecule has 0 aliphatic rings. The van der Waals surface area contributed by atoms with Crippen molar-refractivity contribution in [3.8, 4) is 6.07 Å². The summed E-state index contributed by atoms with van der Waals surface area (Å²) in [5, 5.41) is 19.5. The van der Waals surface area contributed by atoms with Gasteiger partial charge < -0.3 is 0 Å². The van der Waals surface area contributed by atoms with Crippen LogP contribution in [0.3, 0.4) is 0 Å². The number of nitro benzene ring substituents is 1. The minimum Gasteiger partial charge on any atom is -0.293 e. The highest BCUT2D eigenvalue weighted by atomic mass is 35.5. The standard InChI is InChI=1S/C11H9ClN2O3/c1-2-7(6-13)11(15)8-3-9(12)5-10(4-8)14(16)17/h3-5,7H,2H2,1H3. The van der Waals surface area contributed by atoms with Crippen molar-refractivity contribution in [2.75, 3.05) is 0 Å². The van der Waals surface area contributed by atoms with Crippen LogP contribution in [0.15, 0.2) is 18.2 Å². The van der Waals surface area contributed by atoms with E-state index >= 15 is 0 Å². The van der Waals surface area contributed by atoms with Gasteiger partial charge in [0, 0.05) is 22.7 Å². The molecule has 1 aromatic carbocycles. The van der Waals surface area contributed by atoms with Crippen LogP contribution in [0.1, 0.15) is 23.7 Å². The zero-order valence-corrected chi connectivity index (χ0v) is 9.77. The normalized spacial score (nSPS) is 11.6. The minimum atomic E-state index is -0.798. The summed E-state index contributed by atoms with van der Waals surface area (Å²) in [6.45, 7) is 1.70. The van der Waals surface area contributed by atoms with Gasteiger partial charge in [-0.25, -0.2) is 0 Å². The van der Waals surface area contributed by atoms with Gasteiger partial charge in [-0.2, -0.15) is 5.26 Å². The number of carbonyl (C=O) groups is 1. The topological polar surface area (TPSA) is 84.0 Å². The van der Waals surface area contributed by atoms with Crippen molar-refractivity contribution >= 4 is 23.1 Å². The Bertz CT molecular complexity index is 508. The van der Waals surface area contributed by atoms with E-state index in [0.717, 1.165) is 12.1 Å². The molecule has 88 valence electrons. The Morgan fingerprint density at radius 2 is 2.24 bits per heavy atom. The average molecular weight is 253 g/mol. The Balaban J connectivity index is 3.19. The van der Waals surface area contributed by atoms with Crippen LogP contribution in [0, 0.1) is 27.4 Å². The maximum absolute atomic E-state index is 11.8. The first kappa shape index (κ1) is 13.1. The summed E-state index contributed by atoms with van der Waals surface area (Å²) in [6, 6.07) is 5.48. The van der Waals surface area contributed by atoms with E-state index in [4.69, 9.17) is 16.9 Å². The van der Waals surface area contributed by atoms with Crippen LogP contribution in [0.4, 0.5) is 5.69 Å². The zero-order chi connectivity index (χ0) is 13.0. The Labute approximate surface area is 103 Å². The van der Waals surface area contributed by atoms with E-state index in [0.29, 0.717) is 6.42 Å². The van der Waals surface area contributed by atoms with Gasteiger partial charge in [0.15, 0.2) is 5.78 Å². The molecule has 0 aliphatic heterocycles. The Hall–Kier alpha value is -1.93. The summed E-state index contributed by atoms with van der Waals surface area (Å²) in [6.07, 6.45) is 0.357. The number of hydrogen-bond donors (Lipinski definition) is 0. The van der Waals surface area contributed by atoms with Crippen molar-refractivity contribution in [2.45, 2.75) is 13.3 Å². The van der Waals surface area contributed by atoms with Gasteiger partial charge in [-0.05, 0) is 12.5 Å². The second-order valence-electron chi connectivity index (χ2n) is 3.41. The van der Waals surface area contributed by atoms with Gasteiger partial charge in [0.2, 0.25) is 0 Å². The molecule has 0 bridgehead atoms. The lowest BCUT2D eigenvalue weighted by Crippen LogP contribution is -2.12. The number of hydrogen-bond acceptors (Lipinski definition) is 4. The third-order valence-electron chi connectivity index (χ3n) is 2.26. The van der Waals surface area contributed by atoms with Gasteiger partial charge in [0.05, 0.1) is 11.0 Å². The van der Waals surface area contributed by atoms with Crippen LogP contribution in [0.25, 0.3) is 0 Å². The van der Waals surface area contributed by atoms with E-state index in [-0.39, 0.29) is 16.3 Å². The van der Waals surface area contributed by atoms with Gasteiger partial charge in [-0.1, -0.05) is 18.5 Å². The number of ketones is 1. The molecular weight excluding hydrogens is 244 g/mol. The molecule has 0 aromatic heterocycles. The van der Waals surface area contributed by atoms with E-state index < -0.39 is 16.6 Å². The van der Waals surface area contributed by atoms with E-state index in [1.54, 1.807) is 6.92 Å². The number of Topliss-reactive ketones (excluding diaryl/α,β-unsaturated/α-hetero) is 1. The Kier molecular flexibility index (Phi) is 4.18. The fraction of sp³-hybridized carbons (Fsp3) is 0.273. The monoisotopic (exact) mass is 252 g/mol. The predicted molar refractivity (Wildman–Crippen MR) is 61.8 cm³/mol. The van der Waals surface area contributed by atoms with Crippen molar-refractivity contribution < 1.29 is 9.72 Å². The Morgan fingerprint density at radius 3 is 2.71 bits per heavy atom. The summed E-state index contributed by atoms with van der Waals surface area (Å²) in [5.74, 6) is -1.24. The molecule has 0 amide bonds. The van der Waals surface area contributed by atoms with E-state index in [2.05, 4.69) is 0 Å². The highest BCUT2D eigenvalue weighted by molar-refractivity contribution is 6.31. The first-order chi connectivity index (χ1) is 7.99. The quantitative estimate of drug-likeness (QED) is 0.468. The number of benzene rings is 1. The van der Waals surface area contributed by atoms with Crippen LogP contribution in [-0.2, 0) is 0 Å². The third kappa shape index (κ3) is 3.02. The largest absolute Gasteiger partial charge is 0.293 e. The number of non-ortho nitro benzene ring substituents is 1. The number of rotatable bonds is 4. The highest BCUT2D eigenvalue weighted by Crippen LogP contribution is 2.23. The molecule has 1 aromatic rings.